The molecule has 0 aromatic heterocycles. The minimum absolute atomic E-state index is 0.00620. The highest BCUT2D eigenvalue weighted by Crippen LogP contribution is 2.68. The van der Waals surface area contributed by atoms with Crippen LogP contribution in [0.4, 0.5) is 0 Å². The largest absolute Gasteiger partial charge is 0.508 e. The predicted molar refractivity (Wildman–Crippen MR) is 331 cm³/mol. The number of nitrogens with two attached hydrogens (primary N) is 6. The molecule has 3 aliphatic heterocycles. The molecule has 30 heteroatoms. The molecule has 0 spiro atoms. The van der Waals surface area contributed by atoms with Crippen LogP contribution >= 0.6 is 0 Å². The standard InChI is InChI=1S/C23H46N6O13.C22H30O5.C11H14O3.C8H8O3/c24-2-7-13(32)15(34)10(28)21(37-7)40-18-6(27)1-5(26)12(31)20(18)42-23-17(36)19(9(4-30)39-23)41-22-11(29)16(35)14(33)8(3-25)38-22;1-12-8-14-15-5-7-22(27,18(26)11-23)21(15,3)10-17(25)19(14)20(2)6-4-13(24)9-16(12)20;1-2-3-8-14-11(13)9-4-6-10(12)7-5-9;1-11-8(10)6-2-4-7(9)5-3-6/h5-23,30-36H,1-4,24-29H2;4,6,9,12,14-15,17,19,23,25,27H,5,7-8,10-11H2,1-3H3;4-7,12H,2-3,8H2,1H3;2-5,9H,1H3/t5-,6+,7-,8+,9-,10-,11-,12+,13-,14-,15-,16-,17-,18-,19-,20-,21-,22-,23+;12-,14-,15-,17-,19+,20-,21-,22-;;/m10../s1. The minimum Gasteiger partial charge on any atom is -0.508 e. The number of allylic oxidation sites excluding steroid dienone is 4. The number of phenols is 2. The second kappa shape index (κ2) is 32.5. The van der Waals surface area contributed by atoms with Crippen molar-refractivity contribution in [1.29, 1.82) is 0 Å². The number of carbonyl (C=O) groups excluding carboxylic acids is 4. The minimum atomic E-state index is -1.60. The quantitative estimate of drug-likeness (QED) is 0.0571. The second-order valence-electron chi connectivity index (χ2n) is 26.0. The third kappa shape index (κ3) is 16.1. The number of Topliss-reactive ketones (excluding diaryl/α,β-unsaturated/α-hetero) is 1. The number of hydrogen-bond acceptors (Lipinski definition) is 30. The van der Waals surface area contributed by atoms with Crippen molar-refractivity contribution in [3.8, 4) is 11.5 Å². The van der Waals surface area contributed by atoms with Crippen molar-refractivity contribution < 1.29 is 118 Å². The van der Waals surface area contributed by atoms with E-state index in [4.69, 9.17) is 77.8 Å². The molecular formula is C64H98N6O24. The van der Waals surface area contributed by atoms with E-state index < -0.39 is 158 Å². The maximum atomic E-state index is 12.4. The summed E-state index contributed by atoms with van der Waals surface area (Å²) >= 11 is 0. The number of rotatable bonds is 16. The van der Waals surface area contributed by atoms with Crippen molar-refractivity contribution in [2.24, 2.45) is 68.9 Å². The van der Waals surface area contributed by atoms with Crippen molar-refractivity contribution >= 4 is 23.5 Å². The molecule has 528 valence electrons. The van der Waals surface area contributed by atoms with Crippen molar-refractivity contribution in [2.75, 3.05) is 40.0 Å². The van der Waals surface area contributed by atoms with Crippen LogP contribution in [-0.4, -0.2) is 253 Å². The average Bonchev–Trinajstić information content (AvgIpc) is 1.35. The summed E-state index contributed by atoms with van der Waals surface area (Å²) in [6.07, 6.45) is -11.0. The van der Waals surface area contributed by atoms with Crippen LogP contribution in [0.3, 0.4) is 0 Å². The van der Waals surface area contributed by atoms with Gasteiger partial charge in [-0.1, -0.05) is 45.8 Å². The molecule has 0 radical (unpaired) electrons. The Labute approximate surface area is 544 Å². The van der Waals surface area contributed by atoms with Crippen molar-refractivity contribution in [3.63, 3.8) is 0 Å². The molecule has 7 fully saturated rings. The summed E-state index contributed by atoms with van der Waals surface area (Å²) < 4.78 is 44.1. The number of benzene rings is 2. The Morgan fingerprint density at radius 3 is 1.70 bits per heavy atom. The molecule has 3 heterocycles. The fourth-order valence-corrected chi connectivity index (χ4v) is 14.8. The highest BCUT2D eigenvalue weighted by molar-refractivity contribution is 6.01. The van der Waals surface area contributed by atoms with E-state index >= 15 is 0 Å². The van der Waals surface area contributed by atoms with E-state index in [9.17, 15) is 70.2 Å². The van der Waals surface area contributed by atoms with Crippen molar-refractivity contribution in [3.05, 3.63) is 83.5 Å². The Balaban J connectivity index is 0.000000203. The maximum Gasteiger partial charge on any atom is 0.338 e. The predicted octanol–water partition coefficient (Wildman–Crippen LogP) is -3.56. The van der Waals surface area contributed by atoms with Crippen LogP contribution in [0, 0.1) is 34.5 Å². The number of phenolic OH excluding ortho intramolecular Hbond substituents is 2. The Morgan fingerprint density at radius 1 is 0.670 bits per heavy atom. The summed E-state index contributed by atoms with van der Waals surface area (Å²) in [5.41, 5.74) is 35.0. The van der Waals surface area contributed by atoms with Gasteiger partial charge in [-0.15, -0.1) is 0 Å². The first-order valence-electron chi connectivity index (χ1n) is 31.8. The third-order valence-electron chi connectivity index (χ3n) is 20.1. The SMILES string of the molecule is CCCCOC(=O)c1ccc(O)cc1.COC(=O)c1ccc(O)cc1.C[C@H]1C[C@@H]2[C@H]([C@@H](O)C[C@@]3(C)[C@H]2CC[C@]3(O)C(=O)CO)[C@@]2(C)C=CC(=O)C=C12.NC[C@@H]1O[C@H](O[C@H]2[C@@H](O)[C@H](O[C@@H]3[C@@H](O)[C@H](N)C[C@H](N)[C@H]3O[C@H]3O[C@H](CN)[C@@H](O)[C@H](O)[C@H]3N)O[C@@H]2CO)[C@H](N)[C@@H](O)[C@@H]1O. The molecule has 3 saturated heterocycles. The molecular weight excluding hydrogens is 1240 g/mol. The lowest BCUT2D eigenvalue weighted by Gasteiger charge is -2.60. The molecule has 0 unspecified atom stereocenters. The van der Waals surface area contributed by atoms with Crippen LogP contribution in [0.15, 0.2) is 72.3 Å². The van der Waals surface area contributed by atoms with Gasteiger partial charge in [-0.25, -0.2) is 9.59 Å². The van der Waals surface area contributed by atoms with E-state index in [0.29, 0.717) is 30.6 Å². The Kier molecular flexibility index (Phi) is 26.4. The summed E-state index contributed by atoms with van der Waals surface area (Å²) in [7, 11) is 1.31. The summed E-state index contributed by atoms with van der Waals surface area (Å²) in [5.74, 6) is -0.525. The van der Waals surface area contributed by atoms with Crippen LogP contribution in [0.25, 0.3) is 0 Å². The summed E-state index contributed by atoms with van der Waals surface area (Å²) in [6.45, 7) is 7.01. The van der Waals surface area contributed by atoms with Gasteiger partial charge in [0.1, 0.15) is 90.9 Å². The topological polar surface area (TPSA) is 541 Å². The molecule has 24 N–H and O–H groups in total. The number of aromatic hydroxyl groups is 2. The zero-order valence-electron chi connectivity index (χ0n) is 53.4. The first-order chi connectivity index (χ1) is 44.4. The zero-order valence-corrected chi connectivity index (χ0v) is 53.4. The van der Waals surface area contributed by atoms with E-state index in [1.807, 2.05) is 19.9 Å². The Bertz CT molecular complexity index is 2900. The number of hydrogen-bond donors (Lipinski definition) is 18. The first-order valence-corrected chi connectivity index (χ1v) is 31.8. The number of carbonyl (C=O) groups is 4. The van der Waals surface area contributed by atoms with Gasteiger partial charge >= 0.3 is 11.9 Å². The summed E-state index contributed by atoms with van der Waals surface area (Å²) in [5, 5.41) is 123. The monoisotopic (exact) mass is 1330 g/mol. The van der Waals surface area contributed by atoms with E-state index in [1.165, 1.54) is 43.5 Å². The molecule has 2 aromatic rings. The molecule has 94 heavy (non-hydrogen) atoms. The van der Waals surface area contributed by atoms with E-state index in [0.717, 1.165) is 31.3 Å². The van der Waals surface area contributed by atoms with Crippen molar-refractivity contribution in [1.82, 2.24) is 0 Å². The molecule has 5 aliphatic carbocycles. The van der Waals surface area contributed by atoms with Gasteiger partial charge in [0.25, 0.3) is 0 Å². The molecule has 0 amide bonds. The van der Waals surface area contributed by atoms with Gasteiger partial charge in [-0.05, 0) is 117 Å². The number of aliphatic hydroxyl groups excluding tert-OH is 9. The summed E-state index contributed by atoms with van der Waals surface area (Å²) in [6, 6.07) is 7.72. The van der Waals surface area contributed by atoms with E-state index in [-0.39, 0.29) is 71.8 Å². The highest BCUT2D eigenvalue weighted by Gasteiger charge is 2.69. The Morgan fingerprint density at radius 2 is 1.19 bits per heavy atom. The molecule has 27 atom stereocenters. The number of ketones is 2. The number of esters is 2. The van der Waals surface area contributed by atoms with Gasteiger partial charge in [0, 0.05) is 41.9 Å². The lowest BCUT2D eigenvalue weighted by molar-refractivity contribution is -0.306. The molecule has 4 saturated carbocycles. The van der Waals surface area contributed by atoms with Crippen LogP contribution in [0.1, 0.15) is 93.4 Å². The molecule has 2 aromatic carbocycles. The molecule has 10 rings (SSSR count). The smallest absolute Gasteiger partial charge is 0.338 e. The normalized spacial score (nSPS) is 41.3. The van der Waals surface area contributed by atoms with Gasteiger partial charge in [-0.3, -0.25) is 9.59 Å². The third-order valence-corrected chi connectivity index (χ3v) is 20.1. The zero-order chi connectivity index (χ0) is 69.5. The van der Waals surface area contributed by atoms with Crippen LogP contribution in [0.2, 0.25) is 0 Å². The van der Waals surface area contributed by atoms with Crippen LogP contribution in [0.5, 0.6) is 11.5 Å². The van der Waals surface area contributed by atoms with Crippen LogP contribution < -0.4 is 34.4 Å². The number of unbranched alkanes of at least 4 members (excludes halogenated alkanes) is 1. The van der Waals surface area contributed by atoms with Gasteiger partial charge in [0.05, 0.1) is 55.7 Å². The van der Waals surface area contributed by atoms with Crippen LogP contribution in [-0.2, 0) is 47.5 Å². The van der Waals surface area contributed by atoms with Gasteiger partial charge in [0.2, 0.25) is 0 Å². The van der Waals surface area contributed by atoms with Gasteiger partial charge in [-0.2, -0.15) is 0 Å². The number of ether oxygens (including phenoxy) is 8. The number of fused-ring (bicyclic) bond motifs is 5. The fraction of sp³-hybridized carbons (Fsp3) is 0.688. The van der Waals surface area contributed by atoms with Crippen molar-refractivity contribution in [2.45, 2.75) is 201 Å². The molecule has 0 bridgehead atoms. The van der Waals surface area contributed by atoms with Gasteiger partial charge < -0.3 is 134 Å². The first kappa shape index (κ1) is 76.3. The maximum absolute atomic E-state index is 12.4. The van der Waals surface area contributed by atoms with E-state index in [2.05, 4.69) is 18.6 Å². The number of methoxy groups -OCH3 is 1. The fourth-order valence-electron chi connectivity index (χ4n) is 14.8. The Hall–Kier alpha value is -5.08. The molecule has 30 nitrogen and oxygen atoms in total. The van der Waals surface area contributed by atoms with E-state index in [1.54, 1.807) is 24.3 Å². The average molecular weight is 1340 g/mol. The highest BCUT2D eigenvalue weighted by atomic mass is 16.8. The second-order valence-corrected chi connectivity index (χ2v) is 26.0. The lowest BCUT2D eigenvalue weighted by Crippen LogP contribution is -2.68. The summed E-state index contributed by atoms with van der Waals surface area (Å²) in [4.78, 5) is 46.5. The number of aliphatic hydroxyl groups is 10. The lowest BCUT2D eigenvalue weighted by atomic mass is 9.45. The molecule has 8 aliphatic rings. The van der Waals surface area contributed by atoms with Gasteiger partial charge in [0.15, 0.2) is 30.4 Å².